The maximum atomic E-state index is 11.8. The van der Waals surface area contributed by atoms with Gasteiger partial charge >= 0.3 is 106 Å². The predicted octanol–water partition coefficient (Wildman–Crippen LogP) is 1.79. The van der Waals surface area contributed by atoms with Gasteiger partial charge in [-0.05, 0) is 0 Å². The molecule has 0 amide bonds. The summed E-state index contributed by atoms with van der Waals surface area (Å²) in [6, 6.07) is 8.65. The van der Waals surface area contributed by atoms with Crippen molar-refractivity contribution in [1.29, 1.82) is 5.26 Å². The maximum absolute atomic E-state index is 11.8. The fourth-order valence-electron chi connectivity index (χ4n) is 1.15. The summed E-state index contributed by atoms with van der Waals surface area (Å²) in [6.07, 6.45) is 0.376. The van der Waals surface area contributed by atoms with Gasteiger partial charge in [-0.1, -0.05) is 0 Å². The van der Waals surface area contributed by atoms with Crippen LogP contribution in [0.3, 0.4) is 0 Å². The van der Waals surface area contributed by atoms with E-state index in [-0.39, 0.29) is 19.6 Å². The third-order valence-corrected chi connectivity index (χ3v) is 3.68. The Morgan fingerprint density at radius 3 is 2.76 bits per heavy atom. The van der Waals surface area contributed by atoms with E-state index in [1.165, 1.54) is 6.92 Å². The number of esters is 1. The molecule has 0 atom stereocenters. The van der Waals surface area contributed by atoms with Crippen molar-refractivity contribution in [3.63, 3.8) is 0 Å². The van der Waals surface area contributed by atoms with Crippen molar-refractivity contribution in [3.8, 4) is 11.8 Å². The summed E-state index contributed by atoms with van der Waals surface area (Å²) in [6.45, 7) is 1.29. The number of para-hydroxylation sites is 1. The van der Waals surface area contributed by atoms with Crippen LogP contribution in [-0.4, -0.2) is 25.6 Å². The topological polar surface area (TPSA) is 67.2 Å². The van der Waals surface area contributed by atoms with Gasteiger partial charge in [0.1, 0.15) is 0 Å². The molecule has 0 saturated heterocycles. The van der Waals surface area contributed by atoms with Crippen molar-refractivity contribution in [2.45, 2.75) is 18.7 Å². The first kappa shape index (κ1) is 13.4. The number of carbonyl (C=O) groups is 2. The van der Waals surface area contributed by atoms with Crippen molar-refractivity contribution < 1.29 is 14.3 Å². The van der Waals surface area contributed by atoms with Gasteiger partial charge in [-0.25, -0.2) is 0 Å². The van der Waals surface area contributed by atoms with E-state index < -0.39 is 5.97 Å². The van der Waals surface area contributed by atoms with Crippen LogP contribution in [0.15, 0.2) is 24.3 Å². The van der Waals surface area contributed by atoms with E-state index in [0.717, 1.165) is 0 Å². The summed E-state index contributed by atoms with van der Waals surface area (Å²) in [5.74, 6) is -0.154. The Balaban J connectivity index is 2.78. The molecule has 0 saturated carbocycles. The molecule has 0 unspecified atom stereocenters. The molecule has 1 rings (SSSR count). The zero-order chi connectivity index (χ0) is 12.7. The molecule has 0 aromatic heterocycles. The van der Waals surface area contributed by atoms with Crippen LogP contribution in [0.2, 0.25) is 5.32 Å². The SMILES string of the molecule is CC(=O)Oc1ccccc1C(=O)[Se]CCC#N. The summed E-state index contributed by atoms with van der Waals surface area (Å²) in [4.78, 5) is 22.7. The van der Waals surface area contributed by atoms with Crippen LogP contribution in [0, 0.1) is 11.3 Å². The second-order valence-electron chi connectivity index (χ2n) is 3.13. The van der Waals surface area contributed by atoms with Crippen molar-refractivity contribution in [2.24, 2.45) is 0 Å². The number of rotatable bonds is 5. The standard InChI is InChI=1S/C12H11NO3Se/c1-9(14)16-11-6-3-2-5-10(11)12(15)17-8-4-7-13/h2-3,5-6H,4,8H2,1H3. The molecule has 0 fully saturated rings. The number of ether oxygens (including phenoxy) is 1. The van der Waals surface area contributed by atoms with Crippen molar-refractivity contribution in [3.05, 3.63) is 29.8 Å². The van der Waals surface area contributed by atoms with Crippen LogP contribution in [0.1, 0.15) is 23.7 Å². The van der Waals surface area contributed by atoms with Gasteiger partial charge in [0.05, 0.1) is 0 Å². The molecule has 1 aromatic rings. The minimum atomic E-state index is -0.449. The van der Waals surface area contributed by atoms with Gasteiger partial charge in [0.25, 0.3) is 0 Å². The minimum absolute atomic E-state index is 0.0513. The molecule has 5 heteroatoms. The number of nitriles is 1. The van der Waals surface area contributed by atoms with Crippen LogP contribution in [0.5, 0.6) is 5.75 Å². The Hall–Kier alpha value is -1.63. The first-order chi connectivity index (χ1) is 8.15. The summed E-state index contributed by atoms with van der Waals surface area (Å²) in [7, 11) is 0. The molecule has 1 aromatic carbocycles. The molecule has 4 nitrogen and oxygen atoms in total. The van der Waals surface area contributed by atoms with E-state index >= 15 is 0 Å². The van der Waals surface area contributed by atoms with Gasteiger partial charge in [-0.2, -0.15) is 0 Å². The molecule has 17 heavy (non-hydrogen) atoms. The quantitative estimate of drug-likeness (QED) is 0.359. The Kier molecular flexibility index (Phi) is 5.41. The van der Waals surface area contributed by atoms with E-state index in [9.17, 15) is 9.59 Å². The summed E-state index contributed by atoms with van der Waals surface area (Å²) in [5.41, 5.74) is 0.417. The Morgan fingerprint density at radius 2 is 2.12 bits per heavy atom. The van der Waals surface area contributed by atoms with E-state index in [0.29, 0.717) is 23.1 Å². The molecule has 0 radical (unpaired) electrons. The molecule has 0 bridgehead atoms. The van der Waals surface area contributed by atoms with Crippen LogP contribution >= 0.6 is 0 Å². The molecular formula is C12H11NO3Se. The summed E-state index contributed by atoms with van der Waals surface area (Å²) in [5, 5.41) is 8.98. The van der Waals surface area contributed by atoms with Gasteiger partial charge in [0.2, 0.25) is 0 Å². The average molecular weight is 296 g/mol. The third-order valence-electron chi connectivity index (χ3n) is 1.81. The monoisotopic (exact) mass is 297 g/mol. The number of hydrogen-bond acceptors (Lipinski definition) is 4. The zero-order valence-corrected chi connectivity index (χ0v) is 11.0. The van der Waals surface area contributed by atoms with Crippen LogP contribution < -0.4 is 4.74 Å². The van der Waals surface area contributed by atoms with Gasteiger partial charge in [0.15, 0.2) is 0 Å². The Morgan fingerprint density at radius 1 is 1.41 bits per heavy atom. The Labute approximate surface area is 106 Å². The van der Waals surface area contributed by atoms with Crippen molar-refractivity contribution in [1.82, 2.24) is 0 Å². The van der Waals surface area contributed by atoms with E-state index in [2.05, 4.69) is 0 Å². The third kappa shape index (κ3) is 4.39. The molecule has 0 aliphatic heterocycles. The van der Waals surface area contributed by atoms with Crippen molar-refractivity contribution in [2.75, 3.05) is 0 Å². The first-order valence-electron chi connectivity index (χ1n) is 4.96. The molecule has 0 aliphatic carbocycles. The van der Waals surface area contributed by atoms with E-state index in [4.69, 9.17) is 10.00 Å². The molecular weight excluding hydrogens is 285 g/mol. The Bertz CT molecular complexity index is 465. The van der Waals surface area contributed by atoms with Gasteiger partial charge in [0, 0.05) is 0 Å². The van der Waals surface area contributed by atoms with Crippen molar-refractivity contribution >= 4 is 25.6 Å². The number of benzene rings is 1. The molecule has 0 heterocycles. The molecule has 0 spiro atoms. The van der Waals surface area contributed by atoms with Crippen LogP contribution in [-0.2, 0) is 4.79 Å². The normalized spacial score (nSPS) is 9.41. The van der Waals surface area contributed by atoms with Crippen LogP contribution in [0.25, 0.3) is 0 Å². The molecule has 0 aliphatic rings. The molecule has 88 valence electrons. The average Bonchev–Trinajstić information content (AvgIpc) is 2.29. The number of hydrogen-bond donors (Lipinski definition) is 0. The van der Waals surface area contributed by atoms with Gasteiger partial charge in [-0.3, -0.25) is 0 Å². The van der Waals surface area contributed by atoms with E-state index in [1.54, 1.807) is 24.3 Å². The second-order valence-corrected chi connectivity index (χ2v) is 5.37. The second kappa shape index (κ2) is 6.85. The summed E-state index contributed by atoms with van der Waals surface area (Å²) < 4.78 is 4.91. The van der Waals surface area contributed by atoms with Gasteiger partial charge in [-0.15, -0.1) is 0 Å². The summed E-state index contributed by atoms with van der Waals surface area (Å²) >= 11 is -0.286. The van der Waals surface area contributed by atoms with Gasteiger partial charge < -0.3 is 0 Å². The zero-order valence-electron chi connectivity index (χ0n) is 9.30. The fourth-order valence-corrected chi connectivity index (χ4v) is 2.62. The fraction of sp³-hybridized carbons (Fsp3) is 0.250. The predicted molar refractivity (Wildman–Crippen MR) is 62.9 cm³/mol. The number of carbonyl (C=O) groups excluding carboxylic acids is 2. The van der Waals surface area contributed by atoms with Crippen LogP contribution in [0.4, 0.5) is 0 Å². The molecule has 0 N–H and O–H groups in total. The number of nitrogens with zero attached hydrogens (tertiary/aromatic N) is 1. The first-order valence-corrected chi connectivity index (χ1v) is 7.03. The van der Waals surface area contributed by atoms with E-state index in [1.807, 2.05) is 6.07 Å².